The van der Waals surface area contributed by atoms with E-state index in [2.05, 4.69) is 20.6 Å². The van der Waals surface area contributed by atoms with Gasteiger partial charge in [-0.25, -0.2) is 9.97 Å². The molecule has 2 N–H and O–H groups in total. The minimum Gasteiger partial charge on any atom is -0.348 e. The number of hydrogen-bond acceptors (Lipinski definition) is 4. The predicted molar refractivity (Wildman–Crippen MR) is 88.7 cm³/mol. The lowest BCUT2D eigenvalue weighted by Gasteiger charge is -2.13. The van der Waals surface area contributed by atoms with Gasteiger partial charge in [-0.15, -0.1) is 0 Å². The first-order chi connectivity index (χ1) is 11.7. The topological polar surface area (TPSA) is 66.9 Å². The Hall–Kier alpha value is -2.64. The van der Waals surface area contributed by atoms with Crippen molar-refractivity contribution in [1.82, 2.24) is 15.3 Å². The van der Waals surface area contributed by atoms with Crippen LogP contribution in [-0.4, -0.2) is 21.9 Å². The molecular formula is C17H19F3N4O. The number of alkyl halides is 3. The second kappa shape index (κ2) is 7.50. The summed E-state index contributed by atoms with van der Waals surface area (Å²) in [6.07, 6.45) is -3.60. The normalized spacial score (nSPS) is 12.6. The summed E-state index contributed by atoms with van der Waals surface area (Å²) < 4.78 is 37.8. The smallest absolute Gasteiger partial charge is 0.348 e. The second-order valence-electron chi connectivity index (χ2n) is 5.67. The van der Waals surface area contributed by atoms with Gasteiger partial charge in [0.1, 0.15) is 17.3 Å². The van der Waals surface area contributed by atoms with Crippen molar-refractivity contribution in [1.29, 1.82) is 0 Å². The number of rotatable bonds is 5. The van der Waals surface area contributed by atoms with E-state index in [1.165, 1.54) is 18.2 Å². The van der Waals surface area contributed by atoms with E-state index in [9.17, 15) is 18.0 Å². The van der Waals surface area contributed by atoms with Gasteiger partial charge in [0.25, 0.3) is 5.91 Å². The molecule has 25 heavy (non-hydrogen) atoms. The summed E-state index contributed by atoms with van der Waals surface area (Å²) in [5.74, 6) is 0.392. The summed E-state index contributed by atoms with van der Waals surface area (Å²) in [6, 6.07) is 6.04. The molecule has 1 amide bonds. The molecule has 5 nitrogen and oxygen atoms in total. The summed E-state index contributed by atoms with van der Waals surface area (Å²) in [7, 11) is 0. The molecule has 1 unspecified atom stereocenters. The van der Waals surface area contributed by atoms with Gasteiger partial charge in [0.2, 0.25) is 0 Å². The maximum atomic E-state index is 12.6. The van der Waals surface area contributed by atoms with Crippen LogP contribution in [0.15, 0.2) is 30.3 Å². The van der Waals surface area contributed by atoms with Crippen molar-refractivity contribution < 1.29 is 18.0 Å². The highest BCUT2D eigenvalue weighted by atomic mass is 19.4. The number of benzene rings is 1. The SMILES string of the molecule is CCC(C)NC(=O)c1cc(Nc2ccc(C(F)(F)F)cc2)nc(C)n1. The highest BCUT2D eigenvalue weighted by Gasteiger charge is 2.29. The molecule has 0 aliphatic heterocycles. The van der Waals surface area contributed by atoms with Gasteiger partial charge in [0, 0.05) is 17.8 Å². The van der Waals surface area contributed by atoms with Gasteiger partial charge in [-0.1, -0.05) is 6.92 Å². The first-order valence-corrected chi connectivity index (χ1v) is 7.80. The zero-order valence-electron chi connectivity index (χ0n) is 14.1. The van der Waals surface area contributed by atoms with E-state index in [1.807, 2.05) is 13.8 Å². The fourth-order valence-corrected chi connectivity index (χ4v) is 2.04. The predicted octanol–water partition coefficient (Wildman–Crippen LogP) is 4.08. The third-order valence-electron chi connectivity index (χ3n) is 3.55. The van der Waals surface area contributed by atoms with Crippen molar-refractivity contribution in [2.24, 2.45) is 0 Å². The van der Waals surface area contributed by atoms with Crippen LogP contribution in [0.4, 0.5) is 24.7 Å². The maximum absolute atomic E-state index is 12.6. The van der Waals surface area contributed by atoms with Gasteiger partial charge < -0.3 is 10.6 Å². The zero-order chi connectivity index (χ0) is 18.6. The highest BCUT2D eigenvalue weighted by molar-refractivity contribution is 5.93. The van der Waals surface area contributed by atoms with Crippen LogP contribution in [0.5, 0.6) is 0 Å². The van der Waals surface area contributed by atoms with E-state index >= 15 is 0 Å². The van der Waals surface area contributed by atoms with Crippen LogP contribution in [0.3, 0.4) is 0 Å². The van der Waals surface area contributed by atoms with Crippen molar-refractivity contribution in [3.8, 4) is 0 Å². The van der Waals surface area contributed by atoms with Crippen LogP contribution in [0, 0.1) is 6.92 Å². The van der Waals surface area contributed by atoms with E-state index in [0.717, 1.165) is 18.6 Å². The molecule has 0 bridgehead atoms. The lowest BCUT2D eigenvalue weighted by molar-refractivity contribution is -0.137. The average Bonchev–Trinajstić information content (AvgIpc) is 2.53. The average molecular weight is 352 g/mol. The van der Waals surface area contributed by atoms with E-state index < -0.39 is 11.7 Å². The lowest BCUT2D eigenvalue weighted by atomic mass is 10.2. The van der Waals surface area contributed by atoms with Crippen molar-refractivity contribution in [3.05, 3.63) is 47.4 Å². The first kappa shape index (κ1) is 18.7. The molecule has 0 fully saturated rings. The fourth-order valence-electron chi connectivity index (χ4n) is 2.04. The summed E-state index contributed by atoms with van der Waals surface area (Å²) in [6.45, 7) is 5.47. The summed E-state index contributed by atoms with van der Waals surface area (Å²) in [5, 5.41) is 5.69. The number of nitrogens with one attached hydrogen (secondary N) is 2. The fraction of sp³-hybridized carbons (Fsp3) is 0.353. The summed E-state index contributed by atoms with van der Waals surface area (Å²) in [4.78, 5) is 20.4. The van der Waals surface area contributed by atoms with Crippen LogP contribution >= 0.6 is 0 Å². The van der Waals surface area contributed by atoms with Gasteiger partial charge >= 0.3 is 6.18 Å². The molecule has 134 valence electrons. The van der Waals surface area contributed by atoms with Crippen LogP contribution in [0.1, 0.15) is 42.1 Å². The zero-order valence-corrected chi connectivity index (χ0v) is 14.1. The van der Waals surface area contributed by atoms with Crippen LogP contribution in [0.25, 0.3) is 0 Å². The van der Waals surface area contributed by atoms with Gasteiger partial charge in [-0.3, -0.25) is 4.79 Å². The molecule has 1 heterocycles. The van der Waals surface area contributed by atoms with Crippen molar-refractivity contribution in [2.45, 2.75) is 39.4 Å². The molecule has 1 atom stereocenters. The molecular weight excluding hydrogens is 333 g/mol. The van der Waals surface area contributed by atoms with Gasteiger partial charge in [-0.05, 0) is 44.5 Å². The molecule has 0 aliphatic rings. The number of carbonyl (C=O) groups is 1. The Morgan fingerprint density at radius 1 is 1.20 bits per heavy atom. The molecule has 0 radical (unpaired) electrons. The number of anilines is 2. The van der Waals surface area contributed by atoms with Crippen molar-refractivity contribution in [3.63, 3.8) is 0 Å². The monoisotopic (exact) mass is 352 g/mol. The Morgan fingerprint density at radius 2 is 1.84 bits per heavy atom. The minimum atomic E-state index is -4.38. The summed E-state index contributed by atoms with van der Waals surface area (Å²) >= 11 is 0. The molecule has 2 aromatic rings. The molecule has 1 aromatic carbocycles. The number of halogens is 3. The Morgan fingerprint density at radius 3 is 2.40 bits per heavy atom. The summed E-state index contributed by atoms with van der Waals surface area (Å²) in [5.41, 5.74) is -0.105. The number of amides is 1. The second-order valence-corrected chi connectivity index (χ2v) is 5.67. The largest absolute Gasteiger partial charge is 0.416 e. The van der Waals surface area contributed by atoms with E-state index in [4.69, 9.17) is 0 Å². The van der Waals surface area contributed by atoms with Gasteiger partial charge in [-0.2, -0.15) is 13.2 Å². The highest BCUT2D eigenvalue weighted by Crippen LogP contribution is 2.30. The standard InChI is InChI=1S/C17H19F3N4O/c1-4-10(2)21-16(25)14-9-15(23-11(3)22-14)24-13-7-5-12(6-8-13)17(18,19)20/h5-10H,4H2,1-3H3,(H,21,25)(H,22,23,24). The molecule has 2 rings (SSSR count). The number of hydrogen-bond donors (Lipinski definition) is 2. The Labute approximate surface area is 143 Å². The van der Waals surface area contributed by atoms with Gasteiger partial charge in [0.05, 0.1) is 5.56 Å². The quantitative estimate of drug-likeness (QED) is 0.851. The van der Waals surface area contributed by atoms with Crippen LogP contribution in [0.2, 0.25) is 0 Å². The van der Waals surface area contributed by atoms with Crippen molar-refractivity contribution in [2.75, 3.05) is 5.32 Å². The van der Waals surface area contributed by atoms with Crippen LogP contribution in [-0.2, 0) is 6.18 Å². The first-order valence-electron chi connectivity index (χ1n) is 7.80. The molecule has 1 aromatic heterocycles. The lowest BCUT2D eigenvalue weighted by Crippen LogP contribution is -2.32. The Bertz CT molecular complexity index is 745. The molecule has 8 heteroatoms. The molecule has 0 saturated carbocycles. The van der Waals surface area contributed by atoms with Gasteiger partial charge in [0.15, 0.2) is 0 Å². The van der Waals surface area contributed by atoms with E-state index in [1.54, 1.807) is 6.92 Å². The Kier molecular flexibility index (Phi) is 5.61. The third-order valence-corrected chi connectivity index (χ3v) is 3.55. The third kappa shape index (κ3) is 5.17. The molecule has 0 aliphatic carbocycles. The minimum absolute atomic E-state index is 0.00842. The molecule has 0 saturated heterocycles. The number of nitrogens with zero attached hydrogens (tertiary/aromatic N) is 2. The number of aryl methyl sites for hydroxylation is 1. The van der Waals surface area contributed by atoms with E-state index in [0.29, 0.717) is 17.3 Å². The maximum Gasteiger partial charge on any atom is 0.416 e. The Balaban J connectivity index is 2.18. The number of carbonyl (C=O) groups excluding carboxylic acids is 1. The molecule has 0 spiro atoms. The van der Waals surface area contributed by atoms with Crippen LogP contribution < -0.4 is 10.6 Å². The number of aromatic nitrogens is 2. The van der Waals surface area contributed by atoms with Crippen molar-refractivity contribution >= 4 is 17.4 Å². The van der Waals surface area contributed by atoms with E-state index in [-0.39, 0.29) is 17.6 Å².